The number of ether oxygens (including phenoxy) is 2. The number of amides is 1. The summed E-state index contributed by atoms with van der Waals surface area (Å²) in [5.41, 5.74) is 7.22. The molecule has 0 saturated carbocycles. The van der Waals surface area contributed by atoms with E-state index < -0.39 is 6.41 Å². The van der Waals surface area contributed by atoms with E-state index in [0.717, 1.165) is 11.4 Å². The number of rotatable bonds is 3. The molecule has 2 atom stereocenters. The van der Waals surface area contributed by atoms with Gasteiger partial charge in [-0.2, -0.15) is 0 Å². The number of anilines is 2. The Morgan fingerprint density at radius 1 is 1.29 bits per heavy atom. The maximum Gasteiger partial charge on any atom is 0.253 e. The van der Waals surface area contributed by atoms with E-state index in [0.29, 0.717) is 26.2 Å². The second kappa shape index (κ2) is 5.98. The molecule has 1 aromatic rings. The van der Waals surface area contributed by atoms with Gasteiger partial charge in [-0.1, -0.05) is 0 Å². The molecule has 7 nitrogen and oxygen atoms in total. The highest BCUT2D eigenvalue weighted by molar-refractivity contribution is 5.95. The monoisotopic (exact) mass is 293 g/mol. The van der Waals surface area contributed by atoms with Gasteiger partial charge in [-0.05, 0) is 24.3 Å². The highest BCUT2D eigenvalue weighted by atomic mass is 16.6. The molecule has 3 N–H and O–H groups in total. The van der Waals surface area contributed by atoms with Gasteiger partial charge in [0.1, 0.15) is 6.61 Å². The van der Waals surface area contributed by atoms with Gasteiger partial charge in [0.15, 0.2) is 0 Å². The summed E-state index contributed by atoms with van der Waals surface area (Å²) in [5.74, 6) is -0.0401. The predicted octanol–water partition coefficient (Wildman–Crippen LogP) is -0.510. The van der Waals surface area contributed by atoms with Crippen LogP contribution in [0.1, 0.15) is 0 Å². The van der Waals surface area contributed by atoms with Crippen LogP contribution in [0.3, 0.4) is 0 Å². The third-order valence-electron chi connectivity index (χ3n) is 3.72. The lowest BCUT2D eigenvalue weighted by atomic mass is 10.2. The Labute approximate surface area is 122 Å². The second-order valence-corrected chi connectivity index (χ2v) is 5.09. The number of aliphatic hydroxyl groups excluding tert-OH is 1. The number of benzene rings is 1. The highest BCUT2D eigenvalue weighted by Gasteiger charge is 2.30. The van der Waals surface area contributed by atoms with Gasteiger partial charge in [0.05, 0.1) is 19.3 Å². The number of nitrogens with two attached hydrogens (primary N) is 1. The van der Waals surface area contributed by atoms with E-state index in [1.165, 1.54) is 0 Å². The van der Waals surface area contributed by atoms with Crippen LogP contribution in [0.25, 0.3) is 0 Å². The molecule has 114 valence electrons. The number of carbonyl (C=O) groups excluding carboxylic acids is 1. The molecule has 2 aliphatic rings. The van der Waals surface area contributed by atoms with Crippen LogP contribution < -0.4 is 15.5 Å². The molecule has 0 bridgehead atoms. The molecule has 1 unspecified atom stereocenters. The SMILES string of the molecule is NC[C@H]1CN(c2ccc(N3CCOCC3=O)cc2)C(O)O1. The summed E-state index contributed by atoms with van der Waals surface area (Å²) in [7, 11) is 0. The van der Waals surface area contributed by atoms with Crippen molar-refractivity contribution in [2.75, 3.05) is 42.6 Å². The van der Waals surface area contributed by atoms with Gasteiger partial charge in [0.25, 0.3) is 5.91 Å². The zero-order valence-corrected chi connectivity index (χ0v) is 11.6. The third-order valence-corrected chi connectivity index (χ3v) is 3.72. The smallest absolute Gasteiger partial charge is 0.253 e. The zero-order valence-electron chi connectivity index (χ0n) is 11.6. The van der Waals surface area contributed by atoms with Crippen LogP contribution in [0.4, 0.5) is 11.4 Å². The molecular formula is C14H19N3O4. The molecule has 1 amide bonds. The summed E-state index contributed by atoms with van der Waals surface area (Å²) in [4.78, 5) is 15.2. The molecule has 21 heavy (non-hydrogen) atoms. The minimum absolute atomic E-state index is 0.0401. The Hall–Kier alpha value is -1.67. The van der Waals surface area contributed by atoms with Gasteiger partial charge in [-0.25, -0.2) is 0 Å². The quantitative estimate of drug-likeness (QED) is 0.780. The fraction of sp³-hybridized carbons (Fsp3) is 0.500. The fourth-order valence-electron chi connectivity index (χ4n) is 2.58. The minimum atomic E-state index is -0.977. The molecule has 2 heterocycles. The largest absolute Gasteiger partial charge is 0.370 e. The van der Waals surface area contributed by atoms with Gasteiger partial charge < -0.3 is 30.1 Å². The molecule has 0 radical (unpaired) electrons. The zero-order chi connectivity index (χ0) is 14.8. The number of nitrogens with zero attached hydrogens (tertiary/aromatic N) is 2. The Kier molecular flexibility index (Phi) is 4.07. The van der Waals surface area contributed by atoms with E-state index in [1.807, 2.05) is 24.3 Å². The number of hydrogen-bond acceptors (Lipinski definition) is 6. The van der Waals surface area contributed by atoms with Crippen LogP contribution in [0.15, 0.2) is 24.3 Å². The summed E-state index contributed by atoms with van der Waals surface area (Å²) in [6.45, 7) is 2.15. The van der Waals surface area contributed by atoms with Crippen LogP contribution in [0.5, 0.6) is 0 Å². The first kappa shape index (κ1) is 14.3. The van der Waals surface area contributed by atoms with E-state index in [2.05, 4.69) is 0 Å². The Balaban J connectivity index is 1.73. The van der Waals surface area contributed by atoms with E-state index in [9.17, 15) is 9.90 Å². The van der Waals surface area contributed by atoms with Crippen molar-refractivity contribution >= 4 is 17.3 Å². The maximum atomic E-state index is 11.8. The number of aliphatic hydroxyl groups is 1. The normalized spacial score (nSPS) is 26.5. The maximum absolute atomic E-state index is 11.8. The number of morpholine rings is 1. The van der Waals surface area contributed by atoms with Crippen molar-refractivity contribution in [1.82, 2.24) is 0 Å². The summed E-state index contributed by atoms with van der Waals surface area (Å²) in [6, 6.07) is 7.45. The number of carbonyl (C=O) groups is 1. The van der Waals surface area contributed by atoms with Gasteiger partial charge in [-0.15, -0.1) is 0 Å². The summed E-state index contributed by atoms with van der Waals surface area (Å²) in [5, 5.41) is 9.87. The van der Waals surface area contributed by atoms with E-state index in [4.69, 9.17) is 15.2 Å². The lowest BCUT2D eigenvalue weighted by Gasteiger charge is -2.27. The second-order valence-electron chi connectivity index (χ2n) is 5.09. The van der Waals surface area contributed by atoms with Gasteiger partial charge in [0.2, 0.25) is 6.41 Å². The van der Waals surface area contributed by atoms with Gasteiger partial charge in [-0.3, -0.25) is 4.79 Å². The topological polar surface area (TPSA) is 88.3 Å². The molecule has 0 aliphatic carbocycles. The van der Waals surface area contributed by atoms with E-state index in [-0.39, 0.29) is 18.6 Å². The molecular weight excluding hydrogens is 274 g/mol. The average molecular weight is 293 g/mol. The fourth-order valence-corrected chi connectivity index (χ4v) is 2.58. The van der Waals surface area contributed by atoms with Crippen molar-refractivity contribution in [3.63, 3.8) is 0 Å². The lowest BCUT2D eigenvalue weighted by Crippen LogP contribution is -2.41. The molecule has 3 rings (SSSR count). The molecule has 2 fully saturated rings. The van der Waals surface area contributed by atoms with Crippen LogP contribution in [0, 0.1) is 0 Å². The van der Waals surface area contributed by atoms with Gasteiger partial charge in [0, 0.05) is 24.5 Å². The van der Waals surface area contributed by atoms with Crippen molar-refractivity contribution in [3.05, 3.63) is 24.3 Å². The van der Waals surface area contributed by atoms with Crippen molar-refractivity contribution in [2.45, 2.75) is 12.5 Å². The predicted molar refractivity (Wildman–Crippen MR) is 76.9 cm³/mol. The van der Waals surface area contributed by atoms with Crippen LogP contribution in [-0.2, 0) is 14.3 Å². The van der Waals surface area contributed by atoms with Crippen LogP contribution in [0.2, 0.25) is 0 Å². The Morgan fingerprint density at radius 2 is 2.00 bits per heavy atom. The Morgan fingerprint density at radius 3 is 2.62 bits per heavy atom. The average Bonchev–Trinajstić information content (AvgIpc) is 2.89. The van der Waals surface area contributed by atoms with Crippen molar-refractivity contribution in [2.24, 2.45) is 5.73 Å². The summed E-state index contributed by atoms with van der Waals surface area (Å²) < 4.78 is 10.4. The Bertz CT molecular complexity index is 507. The van der Waals surface area contributed by atoms with Crippen molar-refractivity contribution in [1.29, 1.82) is 0 Å². The first-order chi connectivity index (χ1) is 10.2. The van der Waals surface area contributed by atoms with Crippen molar-refractivity contribution in [3.8, 4) is 0 Å². The van der Waals surface area contributed by atoms with Crippen LogP contribution in [-0.4, -0.2) is 56.4 Å². The molecule has 0 spiro atoms. The molecule has 0 aromatic heterocycles. The molecule has 2 aliphatic heterocycles. The third kappa shape index (κ3) is 2.86. The standard InChI is InChI=1S/C14H19N3O4/c15-7-12-8-17(14(19)21-12)11-3-1-10(2-4-11)16-5-6-20-9-13(16)18/h1-4,12,14,19H,5-9,15H2/t12-,14?/m0/s1. The minimum Gasteiger partial charge on any atom is -0.370 e. The summed E-state index contributed by atoms with van der Waals surface area (Å²) >= 11 is 0. The van der Waals surface area contributed by atoms with Crippen molar-refractivity contribution < 1.29 is 19.4 Å². The van der Waals surface area contributed by atoms with Crippen LogP contribution >= 0.6 is 0 Å². The lowest BCUT2D eigenvalue weighted by molar-refractivity contribution is -0.125. The number of hydrogen-bond donors (Lipinski definition) is 2. The first-order valence-corrected chi connectivity index (χ1v) is 6.97. The molecule has 2 saturated heterocycles. The van der Waals surface area contributed by atoms with Gasteiger partial charge >= 0.3 is 0 Å². The highest BCUT2D eigenvalue weighted by Crippen LogP contribution is 2.26. The van der Waals surface area contributed by atoms with E-state index in [1.54, 1.807) is 9.80 Å². The molecule has 1 aromatic carbocycles. The van der Waals surface area contributed by atoms with E-state index >= 15 is 0 Å². The molecule has 7 heteroatoms. The summed E-state index contributed by atoms with van der Waals surface area (Å²) in [6.07, 6.45) is -1.14. The first-order valence-electron chi connectivity index (χ1n) is 6.97.